The summed E-state index contributed by atoms with van der Waals surface area (Å²) in [5.41, 5.74) is 6.67. The highest BCUT2D eigenvalue weighted by atomic mass is 32.2. The standard InChI is InChI=1S/C14H22N2O4S.C2H6/c1-3-18-13(17)11-8-14(19-6-7-20-14)5-4-12(11)21-16-9-10(2)15;1-2/h8,12,16H,2-7,9,15H2,1H3;1-2H3. The fourth-order valence-electron chi connectivity index (χ4n) is 2.35. The summed E-state index contributed by atoms with van der Waals surface area (Å²) in [5.74, 6) is -1.07. The number of rotatable bonds is 6. The van der Waals surface area contributed by atoms with Crippen LogP contribution in [0.15, 0.2) is 23.9 Å². The Balaban J connectivity index is 0.00000127. The monoisotopic (exact) mass is 344 g/mol. The molecule has 0 amide bonds. The van der Waals surface area contributed by atoms with Crippen molar-refractivity contribution < 1.29 is 19.0 Å². The van der Waals surface area contributed by atoms with Gasteiger partial charge in [-0.05, 0) is 19.4 Å². The molecule has 2 aliphatic rings. The lowest BCUT2D eigenvalue weighted by atomic mass is 9.94. The Bertz CT molecular complexity index is 434. The van der Waals surface area contributed by atoms with Crippen LogP contribution in [0.1, 0.15) is 33.6 Å². The van der Waals surface area contributed by atoms with Crippen LogP contribution in [0.4, 0.5) is 0 Å². The molecule has 1 atom stereocenters. The van der Waals surface area contributed by atoms with Gasteiger partial charge in [-0.25, -0.2) is 4.79 Å². The molecule has 7 heteroatoms. The van der Waals surface area contributed by atoms with Crippen molar-refractivity contribution in [1.29, 1.82) is 0 Å². The summed E-state index contributed by atoms with van der Waals surface area (Å²) >= 11 is 1.46. The van der Waals surface area contributed by atoms with Gasteiger partial charge in [0.05, 0.1) is 30.6 Å². The van der Waals surface area contributed by atoms with Crippen molar-refractivity contribution in [3.8, 4) is 0 Å². The number of carbonyl (C=O) groups is 1. The zero-order chi connectivity index (χ0) is 17.3. The molecule has 0 aromatic heterocycles. The molecular weight excluding hydrogens is 316 g/mol. The molecule has 1 fully saturated rings. The minimum atomic E-state index is -0.753. The minimum Gasteiger partial charge on any atom is -0.463 e. The third-order valence-corrected chi connectivity index (χ3v) is 4.37. The molecule has 0 aromatic carbocycles. The van der Waals surface area contributed by atoms with Crippen molar-refractivity contribution in [3.05, 3.63) is 23.9 Å². The van der Waals surface area contributed by atoms with Crippen LogP contribution in [0, 0.1) is 0 Å². The topological polar surface area (TPSA) is 82.8 Å². The molecule has 23 heavy (non-hydrogen) atoms. The van der Waals surface area contributed by atoms with Crippen LogP contribution < -0.4 is 10.5 Å². The van der Waals surface area contributed by atoms with Gasteiger partial charge in [-0.15, -0.1) is 0 Å². The molecular formula is C16H28N2O4S. The third kappa shape index (κ3) is 5.84. The Morgan fingerprint density at radius 3 is 2.74 bits per heavy atom. The molecule has 1 aliphatic heterocycles. The molecule has 3 N–H and O–H groups in total. The summed E-state index contributed by atoms with van der Waals surface area (Å²) < 4.78 is 19.6. The van der Waals surface area contributed by atoms with E-state index < -0.39 is 5.79 Å². The number of nitrogens with one attached hydrogen (secondary N) is 1. The average molecular weight is 344 g/mol. The number of hydrogen-bond donors (Lipinski definition) is 2. The van der Waals surface area contributed by atoms with Gasteiger partial charge in [-0.1, -0.05) is 32.4 Å². The highest BCUT2D eigenvalue weighted by molar-refractivity contribution is 7.98. The lowest BCUT2D eigenvalue weighted by molar-refractivity contribution is -0.142. The Labute approximate surface area is 142 Å². The molecule has 1 unspecified atom stereocenters. The normalized spacial score (nSPS) is 22.0. The molecule has 0 radical (unpaired) electrons. The summed E-state index contributed by atoms with van der Waals surface area (Å²) in [7, 11) is 0. The number of carbonyl (C=O) groups excluding carboxylic acids is 1. The van der Waals surface area contributed by atoms with Gasteiger partial charge in [0, 0.05) is 18.7 Å². The van der Waals surface area contributed by atoms with Crippen LogP contribution in [-0.2, 0) is 19.0 Å². The van der Waals surface area contributed by atoms with E-state index in [4.69, 9.17) is 19.9 Å². The number of hydrogen-bond acceptors (Lipinski definition) is 7. The minimum absolute atomic E-state index is 0.0122. The first-order chi connectivity index (χ1) is 11.1. The van der Waals surface area contributed by atoms with Crippen molar-refractivity contribution in [1.82, 2.24) is 4.72 Å². The quantitative estimate of drug-likeness (QED) is 0.564. The van der Waals surface area contributed by atoms with E-state index in [-0.39, 0.29) is 11.2 Å². The van der Waals surface area contributed by atoms with Crippen LogP contribution in [0.3, 0.4) is 0 Å². The molecule has 0 aromatic rings. The number of esters is 1. The predicted molar refractivity (Wildman–Crippen MR) is 92.6 cm³/mol. The zero-order valence-corrected chi connectivity index (χ0v) is 15.0. The molecule has 1 saturated heterocycles. The van der Waals surface area contributed by atoms with E-state index in [0.717, 1.165) is 12.8 Å². The van der Waals surface area contributed by atoms with Gasteiger partial charge >= 0.3 is 5.97 Å². The molecule has 0 bridgehead atoms. The first-order valence-electron chi connectivity index (χ1n) is 8.06. The zero-order valence-electron chi connectivity index (χ0n) is 14.2. The maximum absolute atomic E-state index is 12.2. The van der Waals surface area contributed by atoms with Crippen molar-refractivity contribution in [2.45, 2.75) is 44.6 Å². The van der Waals surface area contributed by atoms with Gasteiger partial charge < -0.3 is 19.9 Å². The predicted octanol–water partition coefficient (Wildman–Crippen LogP) is 2.12. The molecule has 0 saturated carbocycles. The SMILES string of the molecule is C=C(N)CNSC1CCC2(C=C1C(=O)OCC)OCCO2.CC. The van der Waals surface area contributed by atoms with E-state index in [2.05, 4.69) is 11.3 Å². The molecule has 1 spiro atoms. The Hall–Kier alpha value is -1.02. The van der Waals surface area contributed by atoms with Gasteiger partial charge in [0.15, 0.2) is 5.79 Å². The highest BCUT2D eigenvalue weighted by Gasteiger charge is 2.42. The fourth-order valence-corrected chi connectivity index (χ4v) is 3.35. The summed E-state index contributed by atoms with van der Waals surface area (Å²) in [5, 5.41) is -0.0122. The van der Waals surface area contributed by atoms with Crippen LogP contribution in [-0.4, -0.2) is 43.4 Å². The lowest BCUT2D eigenvalue weighted by Crippen LogP contribution is -2.37. The summed E-state index contributed by atoms with van der Waals surface area (Å²) in [6.07, 6.45) is 3.26. The van der Waals surface area contributed by atoms with E-state index in [1.807, 2.05) is 13.8 Å². The van der Waals surface area contributed by atoms with Crippen LogP contribution in [0.2, 0.25) is 0 Å². The average Bonchev–Trinajstić information content (AvgIpc) is 2.99. The molecule has 6 nitrogen and oxygen atoms in total. The third-order valence-electron chi connectivity index (χ3n) is 3.29. The van der Waals surface area contributed by atoms with E-state index in [0.29, 0.717) is 37.6 Å². The van der Waals surface area contributed by atoms with Gasteiger partial charge in [0.25, 0.3) is 0 Å². The van der Waals surface area contributed by atoms with Gasteiger partial charge in [-0.3, -0.25) is 4.72 Å². The van der Waals surface area contributed by atoms with E-state index in [9.17, 15) is 4.79 Å². The smallest absolute Gasteiger partial charge is 0.335 e. The molecule has 1 heterocycles. The molecule has 2 rings (SSSR count). The summed E-state index contributed by atoms with van der Waals surface area (Å²) in [4.78, 5) is 12.2. The van der Waals surface area contributed by atoms with E-state index in [1.165, 1.54) is 11.9 Å². The van der Waals surface area contributed by atoms with Crippen molar-refractivity contribution in [2.24, 2.45) is 5.73 Å². The maximum atomic E-state index is 12.2. The van der Waals surface area contributed by atoms with Crippen molar-refractivity contribution >= 4 is 17.9 Å². The number of ether oxygens (including phenoxy) is 3. The van der Waals surface area contributed by atoms with E-state index >= 15 is 0 Å². The molecule has 132 valence electrons. The highest BCUT2D eigenvalue weighted by Crippen LogP contribution is 2.38. The van der Waals surface area contributed by atoms with Crippen LogP contribution in [0.25, 0.3) is 0 Å². The maximum Gasteiger partial charge on any atom is 0.335 e. The summed E-state index contributed by atoms with van der Waals surface area (Å²) in [6, 6.07) is 0. The second-order valence-electron chi connectivity index (χ2n) is 4.95. The van der Waals surface area contributed by atoms with Crippen LogP contribution in [0.5, 0.6) is 0 Å². The van der Waals surface area contributed by atoms with Crippen molar-refractivity contribution in [2.75, 3.05) is 26.4 Å². The number of nitrogens with two attached hydrogens (primary N) is 1. The first kappa shape index (κ1) is 20.0. The van der Waals surface area contributed by atoms with Crippen molar-refractivity contribution in [3.63, 3.8) is 0 Å². The Kier molecular flexibility index (Phi) is 8.68. The summed E-state index contributed by atoms with van der Waals surface area (Å²) in [6.45, 7) is 11.4. The Morgan fingerprint density at radius 2 is 2.17 bits per heavy atom. The second kappa shape index (κ2) is 9.97. The van der Waals surface area contributed by atoms with Crippen LogP contribution >= 0.6 is 11.9 Å². The largest absolute Gasteiger partial charge is 0.463 e. The Morgan fingerprint density at radius 1 is 1.52 bits per heavy atom. The van der Waals surface area contributed by atoms with Gasteiger partial charge in [-0.2, -0.15) is 0 Å². The van der Waals surface area contributed by atoms with E-state index in [1.54, 1.807) is 13.0 Å². The fraction of sp³-hybridized carbons (Fsp3) is 0.688. The second-order valence-corrected chi connectivity index (χ2v) is 6.05. The van der Waals surface area contributed by atoms with Gasteiger partial charge in [0.1, 0.15) is 0 Å². The first-order valence-corrected chi connectivity index (χ1v) is 8.94. The lowest BCUT2D eigenvalue weighted by Gasteiger charge is -2.33. The van der Waals surface area contributed by atoms with Gasteiger partial charge in [0.2, 0.25) is 0 Å². The molecule has 1 aliphatic carbocycles.